The zero-order valence-electron chi connectivity index (χ0n) is 13.0. The zero-order valence-corrected chi connectivity index (χ0v) is 13.0. The first kappa shape index (κ1) is 14.8. The molecule has 1 aliphatic rings. The molecule has 0 amide bonds. The van der Waals surface area contributed by atoms with E-state index in [1.54, 1.807) is 24.5 Å². The molecule has 116 valence electrons. The van der Waals surface area contributed by atoms with Crippen LogP contribution in [0.4, 0.5) is 5.82 Å². The second-order valence-corrected chi connectivity index (χ2v) is 6.78. The van der Waals surface area contributed by atoms with Gasteiger partial charge in [-0.25, -0.2) is 19.9 Å². The van der Waals surface area contributed by atoms with Crippen LogP contribution in [0.2, 0.25) is 0 Å². The summed E-state index contributed by atoms with van der Waals surface area (Å²) >= 11 is 0. The van der Waals surface area contributed by atoms with Gasteiger partial charge in [0.2, 0.25) is 0 Å². The molecule has 0 bridgehead atoms. The van der Waals surface area contributed by atoms with Crippen LogP contribution in [0.3, 0.4) is 0 Å². The Balaban J connectivity index is 1.69. The lowest BCUT2D eigenvalue weighted by molar-refractivity contribution is 0.0507. The Bertz CT molecular complexity index is 646. The standard InChI is InChI=1S/C16H21N5O/c1-15(2)4-5-16(22,9-15)10-19-13-8-12(20-11-21-13)14-17-6-3-7-18-14/h3,6-8,11,22H,4-5,9-10H2,1-2H3,(H,19,20,21). The average Bonchev–Trinajstić information content (AvgIpc) is 2.81. The monoisotopic (exact) mass is 299 g/mol. The highest BCUT2D eigenvalue weighted by Crippen LogP contribution is 2.43. The molecule has 1 saturated carbocycles. The van der Waals surface area contributed by atoms with Crippen molar-refractivity contribution in [2.75, 3.05) is 11.9 Å². The van der Waals surface area contributed by atoms with Gasteiger partial charge in [0.15, 0.2) is 5.82 Å². The summed E-state index contributed by atoms with van der Waals surface area (Å²) in [7, 11) is 0. The highest BCUT2D eigenvalue weighted by molar-refractivity contribution is 5.54. The lowest BCUT2D eigenvalue weighted by Crippen LogP contribution is -2.35. The summed E-state index contributed by atoms with van der Waals surface area (Å²) in [6, 6.07) is 3.57. The molecule has 2 N–H and O–H groups in total. The van der Waals surface area contributed by atoms with Crippen LogP contribution < -0.4 is 5.32 Å². The van der Waals surface area contributed by atoms with Crippen LogP contribution in [0, 0.1) is 5.41 Å². The molecular weight excluding hydrogens is 278 g/mol. The highest BCUT2D eigenvalue weighted by Gasteiger charge is 2.41. The van der Waals surface area contributed by atoms with E-state index in [0.717, 1.165) is 19.3 Å². The number of nitrogens with one attached hydrogen (secondary N) is 1. The molecule has 6 heteroatoms. The summed E-state index contributed by atoms with van der Waals surface area (Å²) in [6.45, 7) is 4.88. The SMILES string of the molecule is CC1(C)CCC(O)(CNc2cc(-c3ncccn3)ncn2)C1. The molecule has 1 fully saturated rings. The number of rotatable bonds is 4. The van der Waals surface area contributed by atoms with Crippen LogP contribution in [-0.2, 0) is 0 Å². The normalized spacial score (nSPS) is 23.4. The Labute approximate surface area is 130 Å². The Morgan fingerprint density at radius 2 is 1.91 bits per heavy atom. The number of aromatic nitrogens is 4. The maximum absolute atomic E-state index is 10.6. The van der Waals surface area contributed by atoms with Crippen molar-refractivity contribution in [3.8, 4) is 11.5 Å². The summed E-state index contributed by atoms with van der Waals surface area (Å²) in [5, 5.41) is 13.9. The van der Waals surface area contributed by atoms with E-state index in [0.29, 0.717) is 23.9 Å². The molecule has 0 aliphatic heterocycles. The minimum Gasteiger partial charge on any atom is -0.388 e. The lowest BCUT2D eigenvalue weighted by atomic mass is 9.89. The quantitative estimate of drug-likeness (QED) is 0.901. The van der Waals surface area contributed by atoms with Crippen molar-refractivity contribution in [1.82, 2.24) is 19.9 Å². The number of hydrogen-bond donors (Lipinski definition) is 2. The van der Waals surface area contributed by atoms with E-state index in [2.05, 4.69) is 39.1 Å². The minimum absolute atomic E-state index is 0.200. The van der Waals surface area contributed by atoms with Crippen molar-refractivity contribution in [1.29, 1.82) is 0 Å². The van der Waals surface area contributed by atoms with Crippen molar-refractivity contribution >= 4 is 5.82 Å². The van der Waals surface area contributed by atoms with Crippen LogP contribution in [-0.4, -0.2) is 37.2 Å². The smallest absolute Gasteiger partial charge is 0.178 e. The van der Waals surface area contributed by atoms with Crippen molar-refractivity contribution in [2.45, 2.75) is 38.7 Å². The van der Waals surface area contributed by atoms with E-state index in [-0.39, 0.29) is 5.41 Å². The van der Waals surface area contributed by atoms with Crippen molar-refractivity contribution in [3.63, 3.8) is 0 Å². The van der Waals surface area contributed by atoms with Crippen LogP contribution in [0.15, 0.2) is 30.9 Å². The summed E-state index contributed by atoms with van der Waals surface area (Å²) in [6.07, 6.45) is 7.50. The van der Waals surface area contributed by atoms with Gasteiger partial charge in [-0.05, 0) is 30.7 Å². The van der Waals surface area contributed by atoms with E-state index >= 15 is 0 Å². The average molecular weight is 299 g/mol. The topological polar surface area (TPSA) is 83.8 Å². The molecule has 2 heterocycles. The summed E-state index contributed by atoms with van der Waals surface area (Å²) < 4.78 is 0. The molecule has 0 radical (unpaired) electrons. The van der Waals surface area contributed by atoms with Gasteiger partial charge >= 0.3 is 0 Å². The maximum atomic E-state index is 10.6. The van der Waals surface area contributed by atoms with Crippen LogP contribution in [0.5, 0.6) is 0 Å². The largest absolute Gasteiger partial charge is 0.388 e. The number of hydrogen-bond acceptors (Lipinski definition) is 6. The Kier molecular flexibility index (Phi) is 3.78. The number of aliphatic hydroxyl groups is 1. The third-order valence-electron chi connectivity index (χ3n) is 4.14. The first-order valence-corrected chi connectivity index (χ1v) is 7.52. The molecule has 1 aliphatic carbocycles. The van der Waals surface area contributed by atoms with E-state index in [1.807, 2.05) is 0 Å². The fourth-order valence-electron chi connectivity index (χ4n) is 3.05. The van der Waals surface area contributed by atoms with Crippen molar-refractivity contribution in [2.24, 2.45) is 5.41 Å². The van der Waals surface area contributed by atoms with Crippen molar-refractivity contribution in [3.05, 3.63) is 30.9 Å². The van der Waals surface area contributed by atoms with Gasteiger partial charge in [0.25, 0.3) is 0 Å². The number of nitrogens with zero attached hydrogens (tertiary/aromatic N) is 4. The molecule has 1 unspecified atom stereocenters. The van der Waals surface area contributed by atoms with Gasteiger partial charge in [-0.15, -0.1) is 0 Å². The van der Waals surface area contributed by atoms with E-state index < -0.39 is 5.60 Å². The third kappa shape index (κ3) is 3.39. The summed E-state index contributed by atoms with van der Waals surface area (Å²) in [4.78, 5) is 16.8. The van der Waals surface area contributed by atoms with Crippen LogP contribution >= 0.6 is 0 Å². The minimum atomic E-state index is -0.669. The van der Waals surface area contributed by atoms with Gasteiger partial charge in [-0.3, -0.25) is 0 Å². The van der Waals surface area contributed by atoms with Gasteiger partial charge in [0.05, 0.1) is 5.60 Å². The van der Waals surface area contributed by atoms with Gasteiger partial charge in [0.1, 0.15) is 17.8 Å². The maximum Gasteiger partial charge on any atom is 0.178 e. The predicted octanol–water partition coefficient (Wildman–Crippen LogP) is 2.29. The Morgan fingerprint density at radius 1 is 1.14 bits per heavy atom. The van der Waals surface area contributed by atoms with Gasteiger partial charge in [0, 0.05) is 25.0 Å². The molecular formula is C16H21N5O. The zero-order chi connectivity index (χ0) is 15.6. The first-order valence-electron chi connectivity index (χ1n) is 7.52. The molecule has 2 aromatic heterocycles. The second-order valence-electron chi connectivity index (χ2n) is 6.78. The van der Waals surface area contributed by atoms with Crippen molar-refractivity contribution < 1.29 is 5.11 Å². The fraction of sp³-hybridized carbons (Fsp3) is 0.500. The second kappa shape index (κ2) is 5.61. The molecule has 1 atom stereocenters. The molecule has 22 heavy (non-hydrogen) atoms. The van der Waals surface area contributed by atoms with Gasteiger partial charge < -0.3 is 10.4 Å². The van der Waals surface area contributed by atoms with E-state index in [4.69, 9.17) is 0 Å². The summed E-state index contributed by atoms with van der Waals surface area (Å²) in [5.41, 5.74) is 0.194. The molecule has 0 saturated heterocycles. The first-order chi connectivity index (χ1) is 10.5. The molecule has 3 rings (SSSR count). The Hall–Kier alpha value is -2.08. The Morgan fingerprint density at radius 3 is 2.59 bits per heavy atom. The van der Waals surface area contributed by atoms with Gasteiger partial charge in [-0.1, -0.05) is 13.8 Å². The van der Waals surface area contributed by atoms with Crippen LogP contribution in [0.25, 0.3) is 11.5 Å². The predicted molar refractivity (Wildman–Crippen MR) is 84.1 cm³/mol. The molecule has 2 aromatic rings. The third-order valence-corrected chi connectivity index (χ3v) is 4.14. The fourth-order valence-corrected chi connectivity index (χ4v) is 3.05. The highest BCUT2D eigenvalue weighted by atomic mass is 16.3. The molecule has 0 spiro atoms. The number of anilines is 1. The van der Waals surface area contributed by atoms with E-state index in [9.17, 15) is 5.11 Å². The lowest BCUT2D eigenvalue weighted by Gasteiger charge is -2.25. The van der Waals surface area contributed by atoms with E-state index in [1.165, 1.54) is 6.33 Å². The summed E-state index contributed by atoms with van der Waals surface area (Å²) in [5.74, 6) is 1.24. The molecule has 0 aromatic carbocycles. The van der Waals surface area contributed by atoms with Gasteiger partial charge in [-0.2, -0.15) is 0 Å². The molecule has 6 nitrogen and oxygen atoms in total. The van der Waals surface area contributed by atoms with Crippen LogP contribution in [0.1, 0.15) is 33.1 Å².